The van der Waals surface area contributed by atoms with Gasteiger partial charge in [0.05, 0.1) is 18.8 Å². The molecule has 52 heavy (non-hydrogen) atoms. The maximum atomic E-state index is 12.4. The Morgan fingerprint density at radius 2 is 0.731 bits per heavy atom. The van der Waals surface area contributed by atoms with E-state index in [1.54, 1.807) is 0 Å². The molecule has 1 amide bonds. The van der Waals surface area contributed by atoms with Gasteiger partial charge >= 0.3 is 0 Å². The number of rotatable bonds is 44. The predicted octanol–water partition coefficient (Wildman–Crippen LogP) is 15.0. The number of allylic oxidation sites excluding steroid dienone is 2. The van der Waals surface area contributed by atoms with Crippen molar-refractivity contribution in [1.29, 1.82) is 0 Å². The van der Waals surface area contributed by atoms with Crippen molar-refractivity contribution in [3.63, 3.8) is 0 Å². The van der Waals surface area contributed by atoms with E-state index in [2.05, 4.69) is 31.3 Å². The van der Waals surface area contributed by atoms with E-state index in [1.165, 1.54) is 218 Å². The lowest BCUT2D eigenvalue weighted by molar-refractivity contribution is -0.123. The summed E-state index contributed by atoms with van der Waals surface area (Å²) in [5, 5.41) is 23.1. The molecule has 0 fully saturated rings. The molecule has 310 valence electrons. The number of aliphatic hydroxyl groups excluding tert-OH is 2. The summed E-state index contributed by atoms with van der Waals surface area (Å²) < 4.78 is 0. The van der Waals surface area contributed by atoms with Crippen LogP contribution in [0.5, 0.6) is 0 Å². The SMILES string of the molecule is CCCCCCCCCCCCCC/C=C\CCCCCCCCCCCCCCC(=O)NC(CO)C(O)CCCCCCCCCCCCCC. The first-order valence-corrected chi connectivity index (χ1v) is 23.9. The zero-order chi connectivity index (χ0) is 37.8. The summed E-state index contributed by atoms with van der Waals surface area (Å²) in [5.41, 5.74) is 0. The van der Waals surface area contributed by atoms with Crippen LogP contribution in [0.3, 0.4) is 0 Å². The monoisotopic (exact) mass is 734 g/mol. The van der Waals surface area contributed by atoms with Gasteiger partial charge in [-0.15, -0.1) is 0 Å². The first kappa shape index (κ1) is 51.1. The zero-order valence-electron chi connectivity index (χ0n) is 35.6. The maximum absolute atomic E-state index is 12.4. The van der Waals surface area contributed by atoms with E-state index < -0.39 is 12.1 Å². The van der Waals surface area contributed by atoms with Gasteiger partial charge in [0.1, 0.15) is 0 Å². The first-order valence-electron chi connectivity index (χ1n) is 23.9. The molecule has 0 aliphatic carbocycles. The quantitative estimate of drug-likeness (QED) is 0.0431. The van der Waals surface area contributed by atoms with E-state index >= 15 is 0 Å². The fraction of sp³-hybridized carbons (Fsp3) is 0.938. The van der Waals surface area contributed by atoms with Crippen molar-refractivity contribution < 1.29 is 15.0 Å². The molecule has 0 aromatic carbocycles. The highest BCUT2D eigenvalue weighted by molar-refractivity contribution is 5.76. The smallest absolute Gasteiger partial charge is 0.220 e. The number of nitrogens with one attached hydrogen (secondary N) is 1. The van der Waals surface area contributed by atoms with Gasteiger partial charge in [-0.1, -0.05) is 238 Å². The molecule has 0 aromatic heterocycles. The summed E-state index contributed by atoms with van der Waals surface area (Å²) in [6.07, 6.45) is 56.0. The predicted molar refractivity (Wildman–Crippen MR) is 230 cm³/mol. The lowest BCUT2D eigenvalue weighted by atomic mass is 10.0. The van der Waals surface area contributed by atoms with Crippen molar-refractivity contribution in [1.82, 2.24) is 5.32 Å². The van der Waals surface area contributed by atoms with Gasteiger partial charge in [0.2, 0.25) is 5.91 Å². The van der Waals surface area contributed by atoms with Gasteiger partial charge in [-0.25, -0.2) is 0 Å². The molecule has 4 heteroatoms. The third-order valence-corrected chi connectivity index (χ3v) is 11.3. The molecule has 0 heterocycles. The third kappa shape index (κ3) is 40.3. The van der Waals surface area contributed by atoms with Crippen molar-refractivity contribution in [3.05, 3.63) is 12.2 Å². The maximum Gasteiger partial charge on any atom is 0.220 e. The van der Waals surface area contributed by atoms with Gasteiger partial charge in [0.15, 0.2) is 0 Å². The standard InChI is InChI=1S/C48H95NO3/c1-3-5-7-9-11-13-15-17-18-19-20-21-22-23-24-25-26-27-28-29-30-31-32-34-36-38-40-42-44-48(52)49-46(45-50)47(51)43-41-39-37-35-33-16-14-12-10-8-6-4-2/h23-24,46-47,50-51H,3-22,25-45H2,1-2H3,(H,49,52)/b24-23-. The van der Waals surface area contributed by atoms with Crippen LogP contribution >= 0.6 is 0 Å². The Hall–Kier alpha value is -0.870. The van der Waals surface area contributed by atoms with Crippen LogP contribution in [0.25, 0.3) is 0 Å². The van der Waals surface area contributed by atoms with Crippen LogP contribution in [0.2, 0.25) is 0 Å². The van der Waals surface area contributed by atoms with E-state index in [-0.39, 0.29) is 12.5 Å². The van der Waals surface area contributed by atoms with E-state index in [1.807, 2.05) is 0 Å². The number of unbranched alkanes of at least 4 members (excludes halogenated alkanes) is 35. The van der Waals surface area contributed by atoms with Gasteiger partial charge in [0, 0.05) is 6.42 Å². The normalized spacial score (nSPS) is 12.9. The molecule has 0 saturated heterocycles. The van der Waals surface area contributed by atoms with Crippen LogP contribution in [-0.2, 0) is 4.79 Å². The summed E-state index contributed by atoms with van der Waals surface area (Å²) in [5.74, 6) is -0.0290. The highest BCUT2D eigenvalue weighted by Crippen LogP contribution is 2.16. The molecular weight excluding hydrogens is 639 g/mol. The van der Waals surface area contributed by atoms with Gasteiger partial charge < -0.3 is 15.5 Å². The number of carbonyl (C=O) groups excluding carboxylic acids is 1. The van der Waals surface area contributed by atoms with Crippen LogP contribution in [0, 0.1) is 0 Å². The second-order valence-corrected chi connectivity index (χ2v) is 16.5. The van der Waals surface area contributed by atoms with Crippen LogP contribution in [0.1, 0.15) is 271 Å². The van der Waals surface area contributed by atoms with Crippen LogP contribution in [-0.4, -0.2) is 34.9 Å². The minimum atomic E-state index is -0.655. The number of aliphatic hydroxyl groups is 2. The Labute approximate surface area is 327 Å². The zero-order valence-corrected chi connectivity index (χ0v) is 35.6. The lowest BCUT2D eigenvalue weighted by Crippen LogP contribution is -2.45. The molecular formula is C48H95NO3. The van der Waals surface area contributed by atoms with Crippen molar-refractivity contribution in [2.24, 2.45) is 0 Å². The Bertz CT molecular complexity index is 710. The summed E-state index contributed by atoms with van der Waals surface area (Å²) in [6.45, 7) is 4.37. The minimum absolute atomic E-state index is 0.0290. The topological polar surface area (TPSA) is 69.6 Å². The molecule has 4 nitrogen and oxygen atoms in total. The van der Waals surface area contributed by atoms with Crippen LogP contribution in [0.4, 0.5) is 0 Å². The molecule has 0 spiro atoms. The molecule has 0 rings (SSSR count). The average molecular weight is 734 g/mol. The van der Waals surface area contributed by atoms with Gasteiger partial charge in [-0.2, -0.15) is 0 Å². The first-order chi connectivity index (χ1) is 25.7. The van der Waals surface area contributed by atoms with E-state index in [0.29, 0.717) is 12.8 Å². The highest BCUT2D eigenvalue weighted by Gasteiger charge is 2.20. The summed E-state index contributed by atoms with van der Waals surface area (Å²) in [4.78, 5) is 12.4. The molecule has 2 atom stereocenters. The largest absolute Gasteiger partial charge is 0.394 e. The second-order valence-electron chi connectivity index (χ2n) is 16.5. The van der Waals surface area contributed by atoms with Gasteiger partial charge in [-0.05, 0) is 38.5 Å². The van der Waals surface area contributed by atoms with Crippen LogP contribution in [0.15, 0.2) is 12.2 Å². The summed E-state index contributed by atoms with van der Waals surface area (Å²) in [7, 11) is 0. The Kier molecular flexibility index (Phi) is 43.8. The van der Waals surface area contributed by atoms with Crippen LogP contribution < -0.4 is 5.32 Å². The summed E-state index contributed by atoms with van der Waals surface area (Å²) in [6, 6.07) is -0.532. The molecule has 0 radical (unpaired) electrons. The molecule has 0 aromatic rings. The van der Waals surface area contributed by atoms with Crippen molar-refractivity contribution in [2.75, 3.05) is 6.61 Å². The average Bonchev–Trinajstić information content (AvgIpc) is 3.15. The number of carbonyl (C=O) groups is 1. The van der Waals surface area contributed by atoms with Gasteiger partial charge in [-0.3, -0.25) is 4.79 Å². The summed E-state index contributed by atoms with van der Waals surface area (Å²) >= 11 is 0. The Morgan fingerprint density at radius 1 is 0.442 bits per heavy atom. The highest BCUT2D eigenvalue weighted by atomic mass is 16.3. The van der Waals surface area contributed by atoms with Crippen molar-refractivity contribution in [3.8, 4) is 0 Å². The minimum Gasteiger partial charge on any atom is -0.394 e. The van der Waals surface area contributed by atoms with E-state index in [0.717, 1.165) is 25.7 Å². The molecule has 3 N–H and O–H groups in total. The number of amides is 1. The fourth-order valence-corrected chi connectivity index (χ4v) is 7.59. The lowest BCUT2D eigenvalue weighted by Gasteiger charge is -2.22. The number of hydrogen-bond donors (Lipinski definition) is 3. The molecule has 0 bridgehead atoms. The molecule has 0 aliphatic heterocycles. The Morgan fingerprint density at radius 3 is 1.06 bits per heavy atom. The second kappa shape index (κ2) is 44.5. The molecule has 2 unspecified atom stereocenters. The Balaban J connectivity index is 3.42. The molecule has 0 saturated carbocycles. The van der Waals surface area contributed by atoms with E-state index in [9.17, 15) is 15.0 Å². The third-order valence-electron chi connectivity index (χ3n) is 11.3. The van der Waals surface area contributed by atoms with Gasteiger partial charge in [0.25, 0.3) is 0 Å². The number of hydrogen-bond acceptors (Lipinski definition) is 3. The fourth-order valence-electron chi connectivity index (χ4n) is 7.59. The van der Waals surface area contributed by atoms with Crippen molar-refractivity contribution in [2.45, 2.75) is 283 Å². The van der Waals surface area contributed by atoms with Crippen molar-refractivity contribution >= 4 is 5.91 Å². The van der Waals surface area contributed by atoms with E-state index in [4.69, 9.17) is 0 Å². The molecule has 0 aliphatic rings.